The predicted molar refractivity (Wildman–Crippen MR) is 67.5 cm³/mol. The second-order valence-electron chi connectivity index (χ2n) is 4.54. The summed E-state index contributed by atoms with van der Waals surface area (Å²) in [5.74, 6) is 0.682. The summed E-state index contributed by atoms with van der Waals surface area (Å²) in [6.07, 6.45) is 0.969. The van der Waals surface area contributed by atoms with E-state index < -0.39 is 4.92 Å². The van der Waals surface area contributed by atoms with Crippen LogP contribution in [0.5, 0.6) is 5.75 Å². The molecule has 2 N–H and O–H groups in total. The Kier molecular flexibility index (Phi) is 3.78. The van der Waals surface area contributed by atoms with Gasteiger partial charge in [0.1, 0.15) is 5.75 Å². The van der Waals surface area contributed by atoms with Gasteiger partial charge in [-0.15, -0.1) is 0 Å². The lowest BCUT2D eigenvalue weighted by atomic mass is 10.1. The number of methoxy groups -OCH3 is 1. The summed E-state index contributed by atoms with van der Waals surface area (Å²) in [5.41, 5.74) is 6.77. The fourth-order valence-electron chi connectivity index (χ4n) is 2.25. The Labute approximate surface area is 105 Å². The highest BCUT2D eigenvalue weighted by atomic mass is 16.6. The molecule has 2 rings (SSSR count). The van der Waals surface area contributed by atoms with Crippen molar-refractivity contribution >= 4 is 5.69 Å². The van der Waals surface area contributed by atoms with Crippen molar-refractivity contribution in [2.75, 3.05) is 20.2 Å². The average Bonchev–Trinajstić information content (AvgIpc) is 2.74. The lowest BCUT2D eigenvalue weighted by molar-refractivity contribution is -0.384. The predicted octanol–water partition coefficient (Wildman–Crippen LogP) is 1.14. The zero-order valence-corrected chi connectivity index (χ0v) is 10.3. The van der Waals surface area contributed by atoms with E-state index in [1.807, 2.05) is 0 Å². The Bertz CT molecular complexity index is 450. The quantitative estimate of drug-likeness (QED) is 0.641. The van der Waals surface area contributed by atoms with Gasteiger partial charge in [0.05, 0.1) is 12.0 Å². The minimum Gasteiger partial charge on any atom is -0.496 e. The molecular weight excluding hydrogens is 234 g/mol. The highest BCUT2D eigenvalue weighted by molar-refractivity contribution is 5.43. The summed E-state index contributed by atoms with van der Waals surface area (Å²) in [4.78, 5) is 12.6. The fraction of sp³-hybridized carbons (Fsp3) is 0.500. The molecule has 1 aliphatic heterocycles. The lowest BCUT2D eigenvalue weighted by Crippen LogP contribution is -2.26. The van der Waals surface area contributed by atoms with Gasteiger partial charge in [-0.05, 0) is 12.5 Å². The maximum atomic E-state index is 10.8. The molecule has 0 saturated carbocycles. The second kappa shape index (κ2) is 5.32. The van der Waals surface area contributed by atoms with E-state index in [9.17, 15) is 10.1 Å². The molecular formula is C12H17N3O3. The summed E-state index contributed by atoms with van der Waals surface area (Å²) in [6.45, 7) is 2.39. The largest absolute Gasteiger partial charge is 0.496 e. The Morgan fingerprint density at radius 1 is 1.61 bits per heavy atom. The summed E-state index contributed by atoms with van der Waals surface area (Å²) in [7, 11) is 1.57. The molecule has 1 aliphatic rings. The molecule has 0 spiro atoms. The van der Waals surface area contributed by atoms with Crippen molar-refractivity contribution in [1.82, 2.24) is 4.90 Å². The van der Waals surface area contributed by atoms with Crippen molar-refractivity contribution in [3.63, 3.8) is 0 Å². The van der Waals surface area contributed by atoms with Crippen LogP contribution in [0.25, 0.3) is 0 Å². The summed E-state index contributed by atoms with van der Waals surface area (Å²) in [6, 6.07) is 4.87. The van der Waals surface area contributed by atoms with E-state index >= 15 is 0 Å². The van der Waals surface area contributed by atoms with Gasteiger partial charge in [-0.3, -0.25) is 15.0 Å². The van der Waals surface area contributed by atoms with Gasteiger partial charge in [0.2, 0.25) is 0 Å². The molecule has 6 nitrogen and oxygen atoms in total. The van der Waals surface area contributed by atoms with Gasteiger partial charge in [-0.2, -0.15) is 0 Å². The van der Waals surface area contributed by atoms with Gasteiger partial charge >= 0.3 is 0 Å². The van der Waals surface area contributed by atoms with Crippen molar-refractivity contribution in [1.29, 1.82) is 0 Å². The Morgan fingerprint density at radius 3 is 2.94 bits per heavy atom. The Morgan fingerprint density at radius 2 is 2.39 bits per heavy atom. The first-order valence-corrected chi connectivity index (χ1v) is 5.89. The number of nitrogens with zero attached hydrogens (tertiary/aromatic N) is 2. The molecule has 6 heteroatoms. The molecule has 1 aromatic rings. The average molecular weight is 251 g/mol. The number of non-ortho nitro benzene ring substituents is 1. The maximum Gasteiger partial charge on any atom is 0.270 e. The van der Waals surface area contributed by atoms with E-state index in [1.54, 1.807) is 19.2 Å². The first-order valence-electron chi connectivity index (χ1n) is 5.89. The van der Waals surface area contributed by atoms with Crippen LogP contribution >= 0.6 is 0 Å². The van der Waals surface area contributed by atoms with Gasteiger partial charge in [-0.1, -0.05) is 0 Å². The monoisotopic (exact) mass is 251 g/mol. The Balaban J connectivity index is 2.18. The van der Waals surface area contributed by atoms with Gasteiger partial charge in [0.25, 0.3) is 5.69 Å². The van der Waals surface area contributed by atoms with Crippen molar-refractivity contribution in [2.45, 2.75) is 19.0 Å². The first kappa shape index (κ1) is 12.8. The molecule has 1 fully saturated rings. The number of likely N-dealkylation sites (tertiary alicyclic amines) is 1. The third-order valence-corrected chi connectivity index (χ3v) is 3.18. The zero-order chi connectivity index (χ0) is 13.1. The number of benzene rings is 1. The molecule has 1 heterocycles. The topological polar surface area (TPSA) is 81.6 Å². The van der Waals surface area contributed by atoms with Crippen LogP contribution in [0.15, 0.2) is 18.2 Å². The third-order valence-electron chi connectivity index (χ3n) is 3.18. The van der Waals surface area contributed by atoms with E-state index in [4.69, 9.17) is 10.5 Å². The van der Waals surface area contributed by atoms with E-state index in [0.717, 1.165) is 25.1 Å². The van der Waals surface area contributed by atoms with Crippen LogP contribution in [0.2, 0.25) is 0 Å². The van der Waals surface area contributed by atoms with Gasteiger partial charge in [0.15, 0.2) is 0 Å². The molecule has 0 bridgehead atoms. The molecule has 1 aromatic carbocycles. The zero-order valence-electron chi connectivity index (χ0n) is 10.3. The maximum absolute atomic E-state index is 10.8. The van der Waals surface area contributed by atoms with Gasteiger partial charge in [0, 0.05) is 43.4 Å². The van der Waals surface area contributed by atoms with Crippen LogP contribution in [-0.4, -0.2) is 36.1 Å². The summed E-state index contributed by atoms with van der Waals surface area (Å²) < 4.78 is 5.24. The molecule has 0 radical (unpaired) electrons. The van der Waals surface area contributed by atoms with E-state index in [2.05, 4.69) is 4.90 Å². The molecule has 0 amide bonds. The molecule has 1 unspecified atom stereocenters. The molecule has 1 saturated heterocycles. The molecule has 18 heavy (non-hydrogen) atoms. The third kappa shape index (κ3) is 2.77. The smallest absolute Gasteiger partial charge is 0.270 e. The summed E-state index contributed by atoms with van der Waals surface area (Å²) >= 11 is 0. The molecule has 0 aliphatic carbocycles. The highest BCUT2D eigenvalue weighted by Gasteiger charge is 2.21. The molecule has 0 aromatic heterocycles. The number of nitrogens with two attached hydrogens (primary N) is 1. The van der Waals surface area contributed by atoms with E-state index in [1.165, 1.54) is 6.07 Å². The minimum absolute atomic E-state index is 0.0919. The van der Waals surface area contributed by atoms with Crippen LogP contribution < -0.4 is 10.5 Å². The first-order chi connectivity index (χ1) is 8.60. The number of nitro benzene ring substituents is 1. The number of nitro groups is 1. The standard InChI is InChI=1S/C12H17N3O3/c1-18-12-3-2-11(15(16)17)6-9(12)7-14-5-4-10(13)8-14/h2-3,6,10H,4-5,7-8,13H2,1H3. The Hall–Kier alpha value is -1.66. The normalized spacial score (nSPS) is 20.0. The SMILES string of the molecule is COc1ccc([N+](=O)[O-])cc1CN1CCC(N)C1. The van der Waals surface area contributed by atoms with Crippen LogP contribution in [0.1, 0.15) is 12.0 Å². The summed E-state index contributed by atoms with van der Waals surface area (Å²) in [5, 5.41) is 10.8. The van der Waals surface area contributed by atoms with Crippen LogP contribution in [0, 0.1) is 10.1 Å². The number of hydrogen-bond donors (Lipinski definition) is 1. The second-order valence-corrected chi connectivity index (χ2v) is 4.54. The number of ether oxygens (including phenoxy) is 1. The van der Waals surface area contributed by atoms with Crippen molar-refractivity contribution in [3.8, 4) is 5.75 Å². The fourth-order valence-corrected chi connectivity index (χ4v) is 2.25. The molecule has 1 atom stereocenters. The van der Waals surface area contributed by atoms with Crippen LogP contribution in [0.3, 0.4) is 0 Å². The number of hydrogen-bond acceptors (Lipinski definition) is 5. The van der Waals surface area contributed by atoms with Crippen molar-refractivity contribution < 1.29 is 9.66 Å². The van der Waals surface area contributed by atoms with Crippen LogP contribution in [0.4, 0.5) is 5.69 Å². The highest BCUT2D eigenvalue weighted by Crippen LogP contribution is 2.26. The van der Waals surface area contributed by atoms with E-state index in [0.29, 0.717) is 12.3 Å². The van der Waals surface area contributed by atoms with Gasteiger partial charge < -0.3 is 10.5 Å². The lowest BCUT2D eigenvalue weighted by Gasteiger charge is -2.17. The minimum atomic E-state index is -0.390. The van der Waals surface area contributed by atoms with E-state index in [-0.39, 0.29) is 11.7 Å². The van der Waals surface area contributed by atoms with Crippen LogP contribution in [-0.2, 0) is 6.54 Å². The number of rotatable bonds is 4. The van der Waals surface area contributed by atoms with Crippen molar-refractivity contribution in [2.24, 2.45) is 5.73 Å². The van der Waals surface area contributed by atoms with Crippen molar-refractivity contribution in [3.05, 3.63) is 33.9 Å². The molecule has 98 valence electrons. The van der Waals surface area contributed by atoms with Gasteiger partial charge in [-0.25, -0.2) is 0 Å².